The maximum Gasteiger partial charge on any atom is 0.253 e. The summed E-state index contributed by atoms with van der Waals surface area (Å²) in [4.78, 5) is 12.1. The molecule has 1 aromatic carbocycles. The molecule has 2 rings (SSSR count). The van der Waals surface area contributed by atoms with Gasteiger partial charge in [-0.05, 0) is 18.1 Å². The van der Waals surface area contributed by atoms with Crippen molar-refractivity contribution >= 4 is 40.4 Å². The van der Waals surface area contributed by atoms with Crippen LogP contribution in [-0.2, 0) is 0 Å². The van der Waals surface area contributed by atoms with Gasteiger partial charge in [-0.15, -0.1) is 11.3 Å². The predicted octanol–water partition coefficient (Wildman–Crippen LogP) is 3.95. The van der Waals surface area contributed by atoms with E-state index in [-0.39, 0.29) is 18.4 Å². The molecular weight excluding hydrogens is 329 g/mol. The molecule has 0 fully saturated rings. The number of nitrogens with one attached hydrogen (secondary N) is 1. The molecule has 0 aliphatic rings. The first-order valence-corrected chi connectivity index (χ1v) is 8.08. The molecule has 0 aliphatic carbocycles. The average Bonchev–Trinajstić information content (AvgIpc) is 2.83. The van der Waals surface area contributed by atoms with E-state index in [9.17, 15) is 9.90 Å². The van der Waals surface area contributed by atoms with Crippen LogP contribution in [0.2, 0.25) is 8.67 Å². The van der Waals surface area contributed by atoms with Crippen molar-refractivity contribution in [1.82, 2.24) is 5.32 Å². The molecule has 0 radical (unpaired) electrons. The van der Waals surface area contributed by atoms with Gasteiger partial charge in [0, 0.05) is 19.1 Å². The first-order valence-electron chi connectivity index (χ1n) is 6.50. The molecule has 1 aromatic heterocycles. The number of thiophene rings is 1. The molecule has 1 heterocycles. The van der Waals surface area contributed by atoms with Crippen molar-refractivity contribution in [3.8, 4) is 0 Å². The highest BCUT2D eigenvalue weighted by Crippen LogP contribution is 2.31. The molecule has 6 heteroatoms. The number of hydrogen-bond acceptors (Lipinski definition) is 3. The summed E-state index contributed by atoms with van der Waals surface area (Å²) in [5, 5.41) is 12.0. The molecule has 2 N–H and O–H groups in total. The second kappa shape index (κ2) is 7.80. The van der Waals surface area contributed by atoms with Crippen molar-refractivity contribution in [2.24, 2.45) is 0 Å². The minimum Gasteiger partial charge on any atom is -0.396 e. The molecule has 0 aliphatic heterocycles. The SMILES string of the molecule is O=C(NCC(CCO)c1ccccc1)c1cc(Cl)sc1Cl. The van der Waals surface area contributed by atoms with Crippen molar-refractivity contribution in [3.63, 3.8) is 0 Å². The summed E-state index contributed by atoms with van der Waals surface area (Å²) in [6, 6.07) is 11.4. The molecule has 0 saturated heterocycles. The molecule has 3 nitrogen and oxygen atoms in total. The maximum absolute atomic E-state index is 12.1. The standard InChI is InChI=1S/C15H15Cl2NO2S/c16-13-8-12(14(17)21-13)15(20)18-9-11(6-7-19)10-4-2-1-3-5-10/h1-5,8,11,19H,6-7,9H2,(H,18,20). The third-order valence-corrected chi connectivity index (χ3v) is 4.65. The Morgan fingerprint density at radius 2 is 2.00 bits per heavy atom. The second-order valence-electron chi connectivity index (χ2n) is 4.57. The van der Waals surface area contributed by atoms with Crippen LogP contribution in [0, 0.1) is 0 Å². The Bertz CT molecular complexity index is 601. The van der Waals surface area contributed by atoms with E-state index in [1.807, 2.05) is 30.3 Å². The highest BCUT2D eigenvalue weighted by atomic mass is 35.5. The van der Waals surface area contributed by atoms with Crippen molar-refractivity contribution < 1.29 is 9.90 Å². The number of carbonyl (C=O) groups excluding carboxylic acids is 1. The van der Waals surface area contributed by atoms with Crippen molar-refractivity contribution in [2.45, 2.75) is 12.3 Å². The first-order chi connectivity index (χ1) is 10.1. The molecule has 112 valence electrons. The van der Waals surface area contributed by atoms with Gasteiger partial charge >= 0.3 is 0 Å². The summed E-state index contributed by atoms with van der Waals surface area (Å²) in [6.07, 6.45) is 0.586. The lowest BCUT2D eigenvalue weighted by molar-refractivity contribution is 0.0950. The van der Waals surface area contributed by atoms with Gasteiger partial charge in [0.2, 0.25) is 0 Å². The largest absolute Gasteiger partial charge is 0.396 e. The van der Waals surface area contributed by atoms with Gasteiger partial charge in [-0.25, -0.2) is 0 Å². The number of aliphatic hydroxyl groups is 1. The van der Waals surface area contributed by atoms with Crippen LogP contribution >= 0.6 is 34.5 Å². The number of carbonyl (C=O) groups is 1. The van der Waals surface area contributed by atoms with Crippen LogP contribution in [0.5, 0.6) is 0 Å². The van der Waals surface area contributed by atoms with Crippen LogP contribution < -0.4 is 5.32 Å². The fourth-order valence-corrected chi connectivity index (χ4v) is 3.53. The summed E-state index contributed by atoms with van der Waals surface area (Å²) in [5.41, 5.74) is 1.48. The molecule has 1 atom stereocenters. The Balaban J connectivity index is 2.02. The van der Waals surface area contributed by atoms with Gasteiger partial charge in [-0.3, -0.25) is 4.79 Å². The van der Waals surface area contributed by atoms with Crippen molar-refractivity contribution in [2.75, 3.05) is 13.2 Å². The Kier molecular flexibility index (Phi) is 6.06. The smallest absolute Gasteiger partial charge is 0.253 e. The van der Waals surface area contributed by atoms with Gasteiger partial charge < -0.3 is 10.4 Å². The van der Waals surface area contributed by atoms with E-state index in [0.29, 0.717) is 27.2 Å². The lowest BCUT2D eigenvalue weighted by Gasteiger charge is -2.17. The fraction of sp³-hybridized carbons (Fsp3) is 0.267. The minimum absolute atomic E-state index is 0.0630. The molecule has 0 bridgehead atoms. The van der Waals surface area contributed by atoms with E-state index in [2.05, 4.69) is 5.32 Å². The van der Waals surface area contributed by atoms with Gasteiger partial charge in [0.25, 0.3) is 5.91 Å². The van der Waals surface area contributed by atoms with Crippen molar-refractivity contribution in [1.29, 1.82) is 0 Å². The topological polar surface area (TPSA) is 49.3 Å². The van der Waals surface area contributed by atoms with E-state index in [1.54, 1.807) is 6.07 Å². The van der Waals surface area contributed by atoms with Gasteiger partial charge in [0.1, 0.15) is 4.34 Å². The van der Waals surface area contributed by atoms with Gasteiger partial charge in [0.15, 0.2) is 0 Å². The summed E-state index contributed by atoms with van der Waals surface area (Å²) in [5.74, 6) is -0.185. The molecule has 2 aromatic rings. The third-order valence-electron chi connectivity index (χ3n) is 3.16. The van der Waals surface area contributed by atoms with Crippen LogP contribution in [0.25, 0.3) is 0 Å². The maximum atomic E-state index is 12.1. The Morgan fingerprint density at radius 1 is 1.29 bits per heavy atom. The Labute approximate surface area is 137 Å². The van der Waals surface area contributed by atoms with Crippen LogP contribution in [0.4, 0.5) is 0 Å². The van der Waals surface area contributed by atoms with Crippen LogP contribution in [0.1, 0.15) is 28.3 Å². The Hall–Kier alpha value is -1.07. The second-order valence-corrected chi connectivity index (χ2v) is 6.85. The number of rotatable bonds is 6. The highest BCUT2D eigenvalue weighted by molar-refractivity contribution is 7.20. The van der Waals surface area contributed by atoms with E-state index in [4.69, 9.17) is 23.2 Å². The van der Waals surface area contributed by atoms with E-state index in [0.717, 1.165) is 5.56 Å². The highest BCUT2D eigenvalue weighted by Gasteiger charge is 2.17. The van der Waals surface area contributed by atoms with E-state index >= 15 is 0 Å². The number of hydrogen-bond donors (Lipinski definition) is 2. The number of amides is 1. The van der Waals surface area contributed by atoms with E-state index in [1.165, 1.54) is 11.3 Å². The normalized spacial score (nSPS) is 12.1. The van der Waals surface area contributed by atoms with Gasteiger partial charge in [0.05, 0.1) is 9.90 Å². The molecule has 1 amide bonds. The summed E-state index contributed by atoms with van der Waals surface area (Å²) >= 11 is 13.0. The predicted molar refractivity (Wildman–Crippen MR) is 87.6 cm³/mol. The number of benzene rings is 1. The molecule has 0 saturated carbocycles. The quantitative estimate of drug-likeness (QED) is 0.834. The van der Waals surface area contributed by atoms with Crippen LogP contribution in [-0.4, -0.2) is 24.2 Å². The molecule has 21 heavy (non-hydrogen) atoms. The lowest BCUT2D eigenvalue weighted by Crippen LogP contribution is -2.28. The number of aliphatic hydroxyl groups excluding tert-OH is 1. The fourth-order valence-electron chi connectivity index (χ4n) is 2.07. The summed E-state index contributed by atoms with van der Waals surface area (Å²) in [6.45, 7) is 0.508. The molecule has 0 spiro atoms. The monoisotopic (exact) mass is 343 g/mol. The average molecular weight is 344 g/mol. The van der Waals surface area contributed by atoms with Crippen molar-refractivity contribution in [3.05, 3.63) is 56.2 Å². The summed E-state index contributed by atoms with van der Waals surface area (Å²) < 4.78 is 0.871. The third kappa shape index (κ3) is 4.45. The van der Waals surface area contributed by atoms with E-state index < -0.39 is 0 Å². The molecule has 1 unspecified atom stereocenters. The zero-order valence-corrected chi connectivity index (χ0v) is 13.5. The zero-order chi connectivity index (χ0) is 15.2. The van der Waals surface area contributed by atoms with Gasteiger partial charge in [-0.2, -0.15) is 0 Å². The minimum atomic E-state index is -0.248. The van der Waals surface area contributed by atoms with Crippen LogP contribution in [0.15, 0.2) is 36.4 Å². The number of halogens is 2. The summed E-state index contributed by atoms with van der Waals surface area (Å²) in [7, 11) is 0. The van der Waals surface area contributed by atoms with Gasteiger partial charge in [-0.1, -0.05) is 53.5 Å². The molecular formula is C15H15Cl2NO2S. The van der Waals surface area contributed by atoms with Crippen LogP contribution in [0.3, 0.4) is 0 Å². The Morgan fingerprint density at radius 3 is 2.57 bits per heavy atom. The first kappa shape index (κ1) is 16.3. The zero-order valence-electron chi connectivity index (χ0n) is 11.2. The lowest BCUT2D eigenvalue weighted by atomic mass is 9.96.